The van der Waals surface area contributed by atoms with Crippen LogP contribution in [0, 0.1) is 5.92 Å². The maximum Gasteiger partial charge on any atom is 0.511 e. The number of halogens is 4. The number of aliphatic imine (C=N–C) groups is 1. The first-order chi connectivity index (χ1) is 11.2. The van der Waals surface area contributed by atoms with E-state index in [1.54, 1.807) is 7.05 Å². The molecule has 0 radical (unpaired) electrons. The Hall–Kier alpha value is -0.300. The van der Waals surface area contributed by atoms with Crippen molar-refractivity contribution < 1.29 is 21.6 Å². The first-order valence-electron chi connectivity index (χ1n) is 8.23. The predicted octanol–water partition coefficient (Wildman–Crippen LogP) is 2.52. The van der Waals surface area contributed by atoms with Gasteiger partial charge in [0.25, 0.3) is 0 Å². The molecule has 0 aromatic rings. The third-order valence-corrected chi connectivity index (χ3v) is 5.69. The van der Waals surface area contributed by atoms with E-state index in [-0.39, 0.29) is 43.0 Å². The lowest BCUT2D eigenvalue weighted by Crippen LogP contribution is -2.47. The minimum Gasteiger partial charge on any atom is -0.356 e. The molecule has 0 unspecified atom stereocenters. The number of hydrogen-bond acceptors (Lipinski definition) is 3. The summed E-state index contributed by atoms with van der Waals surface area (Å²) in [5.74, 6) is 0.787. The van der Waals surface area contributed by atoms with Crippen LogP contribution in [0.3, 0.4) is 0 Å². The van der Waals surface area contributed by atoms with E-state index < -0.39 is 15.5 Å². The smallest absolute Gasteiger partial charge is 0.356 e. The highest BCUT2D eigenvalue weighted by atomic mass is 127. The van der Waals surface area contributed by atoms with Crippen LogP contribution in [-0.4, -0.2) is 57.4 Å². The SMILES string of the molecule is CCCCCNC(=NC)NCC1CCN(S(=O)(=O)C(F)(F)F)CC1.I. The van der Waals surface area contributed by atoms with Gasteiger partial charge in [-0.05, 0) is 25.2 Å². The summed E-state index contributed by atoms with van der Waals surface area (Å²) in [6, 6.07) is 0. The second kappa shape index (κ2) is 11.4. The minimum atomic E-state index is -5.22. The van der Waals surface area contributed by atoms with Crippen molar-refractivity contribution in [2.24, 2.45) is 10.9 Å². The van der Waals surface area contributed by atoms with Crippen molar-refractivity contribution in [1.29, 1.82) is 0 Å². The fourth-order valence-electron chi connectivity index (χ4n) is 2.54. The number of piperidine rings is 1. The minimum absolute atomic E-state index is 0. The van der Waals surface area contributed by atoms with E-state index in [9.17, 15) is 21.6 Å². The van der Waals surface area contributed by atoms with Crippen LogP contribution < -0.4 is 10.6 Å². The summed E-state index contributed by atoms with van der Waals surface area (Å²) >= 11 is 0. The molecule has 0 aromatic heterocycles. The first-order valence-corrected chi connectivity index (χ1v) is 9.67. The van der Waals surface area contributed by atoms with Crippen molar-refractivity contribution in [2.45, 2.75) is 44.5 Å². The molecule has 11 heteroatoms. The Labute approximate surface area is 165 Å². The van der Waals surface area contributed by atoms with Crippen molar-refractivity contribution in [3.63, 3.8) is 0 Å². The van der Waals surface area contributed by atoms with Gasteiger partial charge in [0.15, 0.2) is 5.96 Å². The zero-order valence-corrected chi connectivity index (χ0v) is 17.7. The van der Waals surface area contributed by atoms with E-state index in [0.29, 0.717) is 29.7 Å². The van der Waals surface area contributed by atoms with Gasteiger partial charge in [-0.15, -0.1) is 24.0 Å². The van der Waals surface area contributed by atoms with Crippen LogP contribution in [-0.2, 0) is 10.0 Å². The Morgan fingerprint density at radius 1 is 1.20 bits per heavy atom. The van der Waals surface area contributed by atoms with Gasteiger partial charge < -0.3 is 10.6 Å². The molecule has 25 heavy (non-hydrogen) atoms. The summed E-state index contributed by atoms with van der Waals surface area (Å²) < 4.78 is 60.8. The van der Waals surface area contributed by atoms with Crippen LogP contribution in [0.4, 0.5) is 13.2 Å². The van der Waals surface area contributed by atoms with Crippen LogP contribution in [0.15, 0.2) is 4.99 Å². The topological polar surface area (TPSA) is 73.8 Å². The molecule has 150 valence electrons. The molecular weight excluding hydrogens is 472 g/mol. The van der Waals surface area contributed by atoms with Crippen molar-refractivity contribution in [2.75, 3.05) is 33.2 Å². The van der Waals surface area contributed by atoms with Crippen molar-refractivity contribution in [1.82, 2.24) is 14.9 Å². The molecule has 1 heterocycles. The standard InChI is InChI=1S/C14H27F3N4O2S.HI/c1-3-4-5-8-19-13(18-2)20-11-12-6-9-21(10-7-12)24(22,23)14(15,16)17;/h12H,3-11H2,1-2H3,(H2,18,19,20);1H. The van der Waals surface area contributed by atoms with Crippen LogP contribution in [0.25, 0.3) is 0 Å². The van der Waals surface area contributed by atoms with Gasteiger partial charge in [-0.1, -0.05) is 19.8 Å². The van der Waals surface area contributed by atoms with Gasteiger partial charge in [0, 0.05) is 33.2 Å². The van der Waals surface area contributed by atoms with E-state index in [0.717, 1.165) is 25.8 Å². The van der Waals surface area contributed by atoms with Crippen molar-refractivity contribution in [3.05, 3.63) is 0 Å². The van der Waals surface area contributed by atoms with Crippen LogP contribution >= 0.6 is 24.0 Å². The van der Waals surface area contributed by atoms with Gasteiger partial charge >= 0.3 is 15.5 Å². The number of hydrogen-bond donors (Lipinski definition) is 2. The van der Waals surface area contributed by atoms with Gasteiger partial charge in [0.05, 0.1) is 0 Å². The van der Waals surface area contributed by atoms with E-state index in [1.807, 2.05) is 0 Å². The Balaban J connectivity index is 0.00000576. The molecule has 0 saturated carbocycles. The molecule has 0 amide bonds. The number of guanidine groups is 1. The van der Waals surface area contributed by atoms with E-state index in [1.165, 1.54) is 0 Å². The lowest BCUT2D eigenvalue weighted by Gasteiger charge is -2.31. The van der Waals surface area contributed by atoms with Crippen molar-refractivity contribution >= 4 is 40.0 Å². The first kappa shape index (κ1) is 24.7. The lowest BCUT2D eigenvalue weighted by molar-refractivity contribution is -0.0496. The van der Waals surface area contributed by atoms with Crippen LogP contribution in [0.1, 0.15) is 39.0 Å². The van der Waals surface area contributed by atoms with E-state index in [2.05, 4.69) is 22.5 Å². The van der Waals surface area contributed by atoms with Gasteiger partial charge in [0.1, 0.15) is 0 Å². The van der Waals surface area contributed by atoms with E-state index in [4.69, 9.17) is 0 Å². The lowest BCUT2D eigenvalue weighted by atomic mass is 9.98. The molecule has 1 aliphatic rings. The number of sulfonamides is 1. The highest BCUT2D eigenvalue weighted by Crippen LogP contribution is 2.30. The van der Waals surface area contributed by atoms with E-state index >= 15 is 0 Å². The molecular formula is C14H28F3IN4O2S. The predicted molar refractivity (Wildman–Crippen MR) is 104 cm³/mol. The van der Waals surface area contributed by atoms with Gasteiger partial charge in [-0.2, -0.15) is 17.5 Å². The average molecular weight is 500 g/mol. The largest absolute Gasteiger partial charge is 0.511 e. The summed E-state index contributed by atoms with van der Waals surface area (Å²) in [4.78, 5) is 4.10. The second-order valence-corrected chi connectivity index (χ2v) is 7.81. The third kappa shape index (κ3) is 7.85. The van der Waals surface area contributed by atoms with Gasteiger partial charge in [-0.25, -0.2) is 8.42 Å². The third-order valence-electron chi connectivity index (χ3n) is 4.06. The summed E-state index contributed by atoms with van der Waals surface area (Å²) in [6.45, 7) is 3.30. The fraction of sp³-hybridized carbons (Fsp3) is 0.929. The molecule has 2 N–H and O–H groups in total. The molecule has 6 nitrogen and oxygen atoms in total. The van der Waals surface area contributed by atoms with Gasteiger partial charge in [-0.3, -0.25) is 4.99 Å². The maximum atomic E-state index is 12.5. The highest BCUT2D eigenvalue weighted by Gasteiger charge is 2.50. The summed E-state index contributed by atoms with van der Waals surface area (Å²) in [7, 11) is -3.54. The molecule has 0 aromatic carbocycles. The molecule has 1 rings (SSSR count). The zero-order chi connectivity index (χ0) is 18.2. The molecule has 1 saturated heterocycles. The maximum absolute atomic E-state index is 12.5. The Morgan fingerprint density at radius 2 is 1.80 bits per heavy atom. The number of nitrogens with zero attached hydrogens (tertiary/aromatic N) is 2. The number of nitrogens with one attached hydrogen (secondary N) is 2. The Bertz CT molecular complexity index is 507. The number of rotatable bonds is 7. The normalized spacial score (nSPS) is 17.9. The molecule has 1 fully saturated rings. The summed E-state index contributed by atoms with van der Waals surface area (Å²) in [6.07, 6.45) is 4.11. The molecule has 0 spiro atoms. The average Bonchev–Trinajstić information content (AvgIpc) is 2.53. The Kier molecular flexibility index (Phi) is 11.3. The molecule has 1 aliphatic heterocycles. The van der Waals surface area contributed by atoms with Crippen molar-refractivity contribution in [3.8, 4) is 0 Å². The number of alkyl halides is 3. The Morgan fingerprint density at radius 3 is 2.28 bits per heavy atom. The number of unbranched alkanes of at least 4 members (excludes halogenated alkanes) is 2. The fourth-order valence-corrected chi connectivity index (χ4v) is 3.53. The van der Waals surface area contributed by atoms with Crippen LogP contribution in [0.2, 0.25) is 0 Å². The monoisotopic (exact) mass is 500 g/mol. The zero-order valence-electron chi connectivity index (χ0n) is 14.6. The van der Waals surface area contributed by atoms with Crippen LogP contribution in [0.5, 0.6) is 0 Å². The quantitative estimate of drug-likeness (QED) is 0.244. The molecule has 0 bridgehead atoms. The second-order valence-electron chi connectivity index (χ2n) is 5.88. The summed E-state index contributed by atoms with van der Waals surface area (Å²) in [5, 5.41) is 6.33. The highest BCUT2D eigenvalue weighted by molar-refractivity contribution is 14.0. The summed E-state index contributed by atoms with van der Waals surface area (Å²) in [5.41, 5.74) is -5.22. The molecule has 0 atom stereocenters. The molecule has 0 aliphatic carbocycles. The van der Waals surface area contributed by atoms with Gasteiger partial charge in [0.2, 0.25) is 0 Å².